The molecule has 3 unspecified atom stereocenters. The Morgan fingerprint density at radius 2 is 1.75 bits per heavy atom. The topological polar surface area (TPSA) is 57.5 Å². The number of aliphatic hydroxyl groups is 1. The van der Waals surface area contributed by atoms with Gasteiger partial charge in [0.2, 0.25) is 0 Å². The molecular formula is C12H15ClO3. The van der Waals surface area contributed by atoms with Crippen molar-refractivity contribution < 1.29 is 15.0 Å². The van der Waals surface area contributed by atoms with Crippen LogP contribution in [0.1, 0.15) is 25.3 Å². The molecule has 1 aromatic carbocycles. The average molecular weight is 243 g/mol. The van der Waals surface area contributed by atoms with E-state index in [1.807, 2.05) is 0 Å². The van der Waals surface area contributed by atoms with Gasteiger partial charge in [-0.1, -0.05) is 30.7 Å². The summed E-state index contributed by atoms with van der Waals surface area (Å²) in [5.74, 6) is -1.99. The van der Waals surface area contributed by atoms with E-state index in [1.54, 1.807) is 38.1 Å². The predicted octanol–water partition coefficient (Wildman–Crippen LogP) is 2.53. The molecule has 0 spiro atoms. The van der Waals surface area contributed by atoms with E-state index in [0.717, 1.165) is 0 Å². The average Bonchev–Trinajstić information content (AvgIpc) is 2.20. The highest BCUT2D eigenvalue weighted by molar-refractivity contribution is 6.30. The Kier molecular flexibility index (Phi) is 4.33. The summed E-state index contributed by atoms with van der Waals surface area (Å²) in [4.78, 5) is 11.2. The van der Waals surface area contributed by atoms with Crippen molar-refractivity contribution in [3.05, 3.63) is 34.9 Å². The van der Waals surface area contributed by atoms with Crippen molar-refractivity contribution in [3.63, 3.8) is 0 Å². The molecular weight excluding hydrogens is 228 g/mol. The third-order valence-corrected chi connectivity index (χ3v) is 3.03. The van der Waals surface area contributed by atoms with Crippen LogP contribution >= 0.6 is 11.6 Å². The summed E-state index contributed by atoms with van der Waals surface area (Å²) >= 11 is 5.74. The number of halogens is 1. The maximum absolute atomic E-state index is 11.2. The summed E-state index contributed by atoms with van der Waals surface area (Å²) in [6, 6.07) is 6.67. The van der Waals surface area contributed by atoms with Crippen molar-refractivity contribution in [3.8, 4) is 0 Å². The number of carbonyl (C=O) groups is 1. The van der Waals surface area contributed by atoms with Gasteiger partial charge in [0.05, 0.1) is 12.0 Å². The monoisotopic (exact) mass is 242 g/mol. The molecule has 0 aliphatic heterocycles. The number of hydrogen-bond acceptors (Lipinski definition) is 2. The van der Waals surface area contributed by atoms with E-state index in [0.29, 0.717) is 10.6 Å². The highest BCUT2D eigenvalue weighted by atomic mass is 35.5. The van der Waals surface area contributed by atoms with Gasteiger partial charge in [-0.05, 0) is 30.5 Å². The molecule has 0 fully saturated rings. The van der Waals surface area contributed by atoms with Crippen LogP contribution in [0, 0.1) is 5.92 Å². The first kappa shape index (κ1) is 13.0. The van der Waals surface area contributed by atoms with Gasteiger partial charge < -0.3 is 10.2 Å². The standard InChI is InChI=1S/C12H15ClO3/c1-7(8(2)14)11(12(15)16)9-3-5-10(13)6-4-9/h3-8,11,14H,1-2H3,(H,15,16). The minimum absolute atomic E-state index is 0.348. The Morgan fingerprint density at radius 1 is 1.25 bits per heavy atom. The van der Waals surface area contributed by atoms with Gasteiger partial charge >= 0.3 is 5.97 Å². The Labute approximate surface area is 99.7 Å². The lowest BCUT2D eigenvalue weighted by molar-refractivity contribution is -0.141. The van der Waals surface area contributed by atoms with Gasteiger partial charge in [-0.2, -0.15) is 0 Å². The van der Waals surface area contributed by atoms with E-state index >= 15 is 0 Å². The molecule has 16 heavy (non-hydrogen) atoms. The third kappa shape index (κ3) is 2.97. The van der Waals surface area contributed by atoms with E-state index in [9.17, 15) is 15.0 Å². The van der Waals surface area contributed by atoms with E-state index in [1.165, 1.54) is 0 Å². The Hall–Kier alpha value is -1.06. The van der Waals surface area contributed by atoms with E-state index in [2.05, 4.69) is 0 Å². The minimum Gasteiger partial charge on any atom is -0.481 e. The molecule has 0 radical (unpaired) electrons. The molecule has 0 saturated carbocycles. The molecule has 0 heterocycles. The van der Waals surface area contributed by atoms with Gasteiger partial charge in [0.15, 0.2) is 0 Å². The summed E-state index contributed by atoms with van der Waals surface area (Å²) in [7, 11) is 0. The molecule has 3 atom stereocenters. The van der Waals surface area contributed by atoms with Crippen LogP contribution in [0.4, 0.5) is 0 Å². The molecule has 0 aromatic heterocycles. The van der Waals surface area contributed by atoms with Crippen LogP contribution in [0.25, 0.3) is 0 Å². The number of benzene rings is 1. The van der Waals surface area contributed by atoms with Crippen LogP contribution in [-0.4, -0.2) is 22.3 Å². The van der Waals surface area contributed by atoms with E-state index in [4.69, 9.17) is 11.6 Å². The second-order valence-electron chi connectivity index (χ2n) is 3.97. The van der Waals surface area contributed by atoms with Gasteiger partial charge in [-0.25, -0.2) is 0 Å². The van der Waals surface area contributed by atoms with Crippen molar-refractivity contribution in [2.75, 3.05) is 0 Å². The van der Waals surface area contributed by atoms with Crippen molar-refractivity contribution in [2.45, 2.75) is 25.9 Å². The quantitative estimate of drug-likeness (QED) is 0.853. The Morgan fingerprint density at radius 3 is 2.12 bits per heavy atom. The van der Waals surface area contributed by atoms with Gasteiger partial charge in [-0.15, -0.1) is 0 Å². The number of carboxylic acids is 1. The molecule has 1 rings (SSSR count). The predicted molar refractivity (Wildman–Crippen MR) is 62.7 cm³/mol. The van der Waals surface area contributed by atoms with Crippen molar-refractivity contribution in [1.29, 1.82) is 0 Å². The van der Waals surface area contributed by atoms with Crippen molar-refractivity contribution >= 4 is 17.6 Å². The summed E-state index contributed by atoms with van der Waals surface area (Å²) in [6.07, 6.45) is -0.670. The van der Waals surface area contributed by atoms with E-state index < -0.39 is 18.0 Å². The Bertz CT molecular complexity index is 359. The zero-order chi connectivity index (χ0) is 12.3. The van der Waals surface area contributed by atoms with Gasteiger partial charge in [0.25, 0.3) is 0 Å². The number of aliphatic hydroxyl groups excluding tert-OH is 1. The molecule has 0 aliphatic carbocycles. The van der Waals surface area contributed by atoms with Crippen LogP contribution < -0.4 is 0 Å². The number of carboxylic acid groups (broad SMARTS) is 1. The Balaban J connectivity index is 3.03. The molecule has 0 saturated heterocycles. The number of hydrogen-bond donors (Lipinski definition) is 2. The van der Waals surface area contributed by atoms with Crippen molar-refractivity contribution in [1.82, 2.24) is 0 Å². The number of aliphatic carboxylic acids is 1. The van der Waals surface area contributed by atoms with Crippen LogP contribution in [-0.2, 0) is 4.79 Å². The molecule has 2 N–H and O–H groups in total. The SMILES string of the molecule is CC(O)C(C)C(C(=O)O)c1ccc(Cl)cc1. The summed E-state index contributed by atoms with van der Waals surface area (Å²) in [5.41, 5.74) is 0.658. The zero-order valence-corrected chi connectivity index (χ0v) is 9.98. The summed E-state index contributed by atoms with van der Waals surface area (Å²) in [5, 5.41) is 19.2. The number of rotatable bonds is 4. The van der Waals surface area contributed by atoms with Gasteiger partial charge in [-0.3, -0.25) is 4.79 Å². The fourth-order valence-electron chi connectivity index (χ4n) is 1.62. The largest absolute Gasteiger partial charge is 0.481 e. The van der Waals surface area contributed by atoms with E-state index in [-0.39, 0.29) is 5.92 Å². The lowest BCUT2D eigenvalue weighted by atomic mass is 9.84. The highest BCUT2D eigenvalue weighted by Crippen LogP contribution is 2.28. The lowest BCUT2D eigenvalue weighted by Gasteiger charge is -2.22. The molecule has 0 bridgehead atoms. The summed E-state index contributed by atoms with van der Waals surface area (Å²) in [6.45, 7) is 3.31. The molecule has 88 valence electrons. The van der Waals surface area contributed by atoms with Gasteiger partial charge in [0, 0.05) is 5.02 Å². The fourth-order valence-corrected chi connectivity index (χ4v) is 1.75. The molecule has 1 aromatic rings. The molecule has 0 amide bonds. The second kappa shape index (κ2) is 5.32. The van der Waals surface area contributed by atoms with Crippen LogP contribution in [0.3, 0.4) is 0 Å². The van der Waals surface area contributed by atoms with Crippen LogP contribution in [0.2, 0.25) is 5.02 Å². The smallest absolute Gasteiger partial charge is 0.311 e. The van der Waals surface area contributed by atoms with Gasteiger partial charge in [0.1, 0.15) is 0 Å². The first-order valence-electron chi connectivity index (χ1n) is 5.09. The maximum atomic E-state index is 11.2. The molecule has 3 nitrogen and oxygen atoms in total. The lowest BCUT2D eigenvalue weighted by Crippen LogP contribution is -2.27. The minimum atomic E-state index is -0.935. The zero-order valence-electron chi connectivity index (χ0n) is 9.22. The second-order valence-corrected chi connectivity index (χ2v) is 4.40. The summed E-state index contributed by atoms with van der Waals surface area (Å²) < 4.78 is 0. The normalized spacial score (nSPS) is 16.5. The molecule has 0 aliphatic rings. The molecule has 4 heteroatoms. The van der Waals surface area contributed by atoms with Crippen LogP contribution in [0.5, 0.6) is 0 Å². The highest BCUT2D eigenvalue weighted by Gasteiger charge is 2.29. The van der Waals surface area contributed by atoms with Crippen molar-refractivity contribution in [2.24, 2.45) is 5.92 Å². The third-order valence-electron chi connectivity index (χ3n) is 2.78. The maximum Gasteiger partial charge on any atom is 0.311 e. The first-order valence-corrected chi connectivity index (χ1v) is 5.47. The first-order chi connectivity index (χ1) is 7.43. The van der Waals surface area contributed by atoms with Crippen LogP contribution in [0.15, 0.2) is 24.3 Å². The fraction of sp³-hybridized carbons (Fsp3) is 0.417.